The van der Waals surface area contributed by atoms with Gasteiger partial charge in [-0.1, -0.05) is 0 Å². The van der Waals surface area contributed by atoms with Crippen LogP contribution in [0.4, 0.5) is 11.5 Å². The van der Waals surface area contributed by atoms with Crippen molar-refractivity contribution in [1.82, 2.24) is 10.2 Å². The van der Waals surface area contributed by atoms with Crippen LogP contribution in [-0.4, -0.2) is 28.4 Å². The lowest BCUT2D eigenvalue weighted by molar-refractivity contribution is 0.0689. The van der Waals surface area contributed by atoms with E-state index < -0.39 is 5.97 Å². The average molecular weight is 245 g/mol. The van der Waals surface area contributed by atoms with Crippen molar-refractivity contribution in [2.45, 2.75) is 0 Å². The van der Waals surface area contributed by atoms with Crippen LogP contribution < -0.4 is 10.1 Å². The van der Waals surface area contributed by atoms with Gasteiger partial charge >= 0.3 is 5.97 Å². The number of ether oxygens (including phenoxy) is 1. The lowest BCUT2D eigenvalue weighted by Crippen LogP contribution is -2.03. The number of hydrogen-bond donors (Lipinski definition) is 2. The lowest BCUT2D eigenvalue weighted by atomic mass is 10.3. The first kappa shape index (κ1) is 11.8. The van der Waals surface area contributed by atoms with E-state index in [4.69, 9.17) is 9.84 Å². The molecule has 0 aliphatic rings. The van der Waals surface area contributed by atoms with Crippen LogP contribution in [0.5, 0.6) is 5.75 Å². The Labute approximate surface area is 103 Å². The molecule has 0 aliphatic carbocycles. The summed E-state index contributed by atoms with van der Waals surface area (Å²) < 4.78 is 5.04. The molecular formula is C12H11N3O3. The van der Waals surface area contributed by atoms with Crippen molar-refractivity contribution in [2.24, 2.45) is 0 Å². The SMILES string of the molecule is COc1ccc(Nc2ccc(C(=O)O)nn2)cc1. The summed E-state index contributed by atoms with van der Waals surface area (Å²) in [5.41, 5.74) is 0.725. The summed E-state index contributed by atoms with van der Waals surface area (Å²) in [5.74, 6) is 0.136. The number of anilines is 2. The number of aromatic carboxylic acids is 1. The summed E-state index contributed by atoms with van der Waals surface area (Å²) in [5, 5.41) is 19.0. The van der Waals surface area contributed by atoms with Crippen molar-refractivity contribution in [3.8, 4) is 5.75 Å². The van der Waals surface area contributed by atoms with Gasteiger partial charge in [-0.15, -0.1) is 10.2 Å². The molecule has 2 aromatic rings. The van der Waals surface area contributed by atoms with E-state index in [1.807, 2.05) is 12.1 Å². The van der Waals surface area contributed by atoms with Crippen molar-refractivity contribution >= 4 is 17.5 Å². The minimum atomic E-state index is -1.10. The van der Waals surface area contributed by atoms with Gasteiger partial charge in [0.25, 0.3) is 0 Å². The molecule has 6 heteroatoms. The number of carboxylic acid groups (broad SMARTS) is 1. The summed E-state index contributed by atoms with van der Waals surface area (Å²) in [6, 6.07) is 10.2. The molecule has 92 valence electrons. The Morgan fingerprint density at radius 3 is 2.39 bits per heavy atom. The molecule has 2 rings (SSSR count). The highest BCUT2D eigenvalue weighted by molar-refractivity contribution is 5.85. The molecule has 0 fully saturated rings. The molecule has 0 saturated heterocycles. The van der Waals surface area contributed by atoms with E-state index in [0.29, 0.717) is 5.82 Å². The molecule has 0 radical (unpaired) electrons. The van der Waals surface area contributed by atoms with Gasteiger partial charge in [-0.05, 0) is 36.4 Å². The van der Waals surface area contributed by atoms with Crippen LogP contribution in [0.25, 0.3) is 0 Å². The normalized spacial score (nSPS) is 9.83. The molecule has 2 N–H and O–H groups in total. The van der Waals surface area contributed by atoms with Crippen LogP contribution in [0.3, 0.4) is 0 Å². The number of benzene rings is 1. The van der Waals surface area contributed by atoms with Gasteiger partial charge in [0, 0.05) is 5.69 Å². The molecule has 0 amide bonds. The van der Waals surface area contributed by atoms with Crippen molar-refractivity contribution in [2.75, 3.05) is 12.4 Å². The largest absolute Gasteiger partial charge is 0.497 e. The van der Waals surface area contributed by atoms with Crippen LogP contribution in [0.15, 0.2) is 36.4 Å². The highest BCUT2D eigenvalue weighted by Gasteiger charge is 2.05. The van der Waals surface area contributed by atoms with E-state index >= 15 is 0 Å². The topological polar surface area (TPSA) is 84.3 Å². The third kappa shape index (κ3) is 2.73. The van der Waals surface area contributed by atoms with E-state index in [-0.39, 0.29) is 5.69 Å². The number of carbonyl (C=O) groups is 1. The molecule has 0 unspecified atom stereocenters. The molecule has 18 heavy (non-hydrogen) atoms. The van der Waals surface area contributed by atoms with Crippen LogP contribution in [-0.2, 0) is 0 Å². The molecule has 0 aliphatic heterocycles. The number of rotatable bonds is 4. The van der Waals surface area contributed by atoms with E-state index in [1.165, 1.54) is 6.07 Å². The predicted molar refractivity (Wildman–Crippen MR) is 65.3 cm³/mol. The fourth-order valence-corrected chi connectivity index (χ4v) is 1.34. The second-order valence-corrected chi connectivity index (χ2v) is 3.46. The van der Waals surface area contributed by atoms with Gasteiger partial charge in [0.15, 0.2) is 11.5 Å². The smallest absolute Gasteiger partial charge is 0.356 e. The Balaban J connectivity index is 2.10. The average Bonchev–Trinajstić information content (AvgIpc) is 2.40. The Morgan fingerprint density at radius 2 is 1.89 bits per heavy atom. The number of aromatic nitrogens is 2. The molecular weight excluding hydrogens is 234 g/mol. The van der Waals surface area contributed by atoms with Crippen LogP contribution in [0.1, 0.15) is 10.5 Å². The fraction of sp³-hybridized carbons (Fsp3) is 0.0833. The number of nitrogens with one attached hydrogen (secondary N) is 1. The highest BCUT2D eigenvalue weighted by Crippen LogP contribution is 2.18. The second-order valence-electron chi connectivity index (χ2n) is 3.46. The van der Waals surface area contributed by atoms with Crippen molar-refractivity contribution in [1.29, 1.82) is 0 Å². The Kier molecular flexibility index (Phi) is 3.38. The molecule has 6 nitrogen and oxygen atoms in total. The third-order valence-corrected chi connectivity index (χ3v) is 2.25. The molecule has 1 aromatic heterocycles. The number of hydrogen-bond acceptors (Lipinski definition) is 5. The van der Waals surface area contributed by atoms with Gasteiger partial charge in [-0.25, -0.2) is 4.79 Å². The van der Waals surface area contributed by atoms with E-state index in [1.54, 1.807) is 25.3 Å². The second kappa shape index (κ2) is 5.13. The number of methoxy groups -OCH3 is 1. The van der Waals surface area contributed by atoms with E-state index in [2.05, 4.69) is 15.5 Å². The maximum absolute atomic E-state index is 10.6. The standard InChI is InChI=1S/C12H11N3O3/c1-18-9-4-2-8(3-5-9)13-11-7-6-10(12(16)17)14-15-11/h2-7H,1H3,(H,13,15)(H,16,17). The molecule has 0 saturated carbocycles. The van der Waals surface area contributed by atoms with E-state index in [0.717, 1.165) is 11.4 Å². The van der Waals surface area contributed by atoms with Gasteiger partial charge < -0.3 is 15.2 Å². The zero-order chi connectivity index (χ0) is 13.0. The van der Waals surface area contributed by atoms with Gasteiger partial charge in [0.05, 0.1) is 7.11 Å². The summed E-state index contributed by atoms with van der Waals surface area (Å²) in [7, 11) is 1.60. The van der Waals surface area contributed by atoms with Gasteiger partial charge in [-0.2, -0.15) is 0 Å². The molecule has 1 heterocycles. The molecule has 0 spiro atoms. The maximum atomic E-state index is 10.6. The van der Waals surface area contributed by atoms with Crippen LogP contribution in [0.2, 0.25) is 0 Å². The van der Waals surface area contributed by atoms with E-state index in [9.17, 15) is 4.79 Å². The summed E-state index contributed by atoms with van der Waals surface area (Å²) in [6.07, 6.45) is 0. The van der Waals surface area contributed by atoms with Gasteiger partial charge in [0.1, 0.15) is 5.75 Å². The Bertz CT molecular complexity index is 537. The predicted octanol–water partition coefficient (Wildman–Crippen LogP) is 1.93. The number of carboxylic acids is 1. The molecule has 0 bridgehead atoms. The molecule has 1 aromatic carbocycles. The lowest BCUT2D eigenvalue weighted by Gasteiger charge is -2.05. The minimum Gasteiger partial charge on any atom is -0.497 e. The summed E-state index contributed by atoms with van der Waals surface area (Å²) in [6.45, 7) is 0. The van der Waals surface area contributed by atoms with Crippen LogP contribution >= 0.6 is 0 Å². The maximum Gasteiger partial charge on any atom is 0.356 e. The zero-order valence-corrected chi connectivity index (χ0v) is 9.62. The van der Waals surface area contributed by atoms with Crippen molar-refractivity contribution in [3.05, 3.63) is 42.1 Å². The quantitative estimate of drug-likeness (QED) is 0.856. The van der Waals surface area contributed by atoms with Gasteiger partial charge in [0.2, 0.25) is 0 Å². The Morgan fingerprint density at radius 1 is 1.17 bits per heavy atom. The summed E-state index contributed by atoms with van der Waals surface area (Å²) >= 11 is 0. The minimum absolute atomic E-state index is 0.0877. The monoisotopic (exact) mass is 245 g/mol. The van der Waals surface area contributed by atoms with Crippen molar-refractivity contribution < 1.29 is 14.6 Å². The molecule has 0 atom stereocenters. The Hall–Kier alpha value is -2.63. The third-order valence-electron chi connectivity index (χ3n) is 2.25. The van der Waals surface area contributed by atoms with Crippen LogP contribution in [0, 0.1) is 0 Å². The number of nitrogens with zero attached hydrogens (tertiary/aromatic N) is 2. The first-order valence-electron chi connectivity index (χ1n) is 5.17. The van der Waals surface area contributed by atoms with Gasteiger partial charge in [-0.3, -0.25) is 0 Å². The van der Waals surface area contributed by atoms with Crippen molar-refractivity contribution in [3.63, 3.8) is 0 Å². The first-order valence-corrected chi connectivity index (χ1v) is 5.17. The first-order chi connectivity index (χ1) is 8.69. The summed E-state index contributed by atoms with van der Waals surface area (Å²) in [4.78, 5) is 10.6. The zero-order valence-electron chi connectivity index (χ0n) is 9.62. The highest BCUT2D eigenvalue weighted by atomic mass is 16.5. The fourth-order valence-electron chi connectivity index (χ4n) is 1.34.